The summed E-state index contributed by atoms with van der Waals surface area (Å²) in [7, 11) is -0.794. The molecule has 1 aromatic heterocycles. The van der Waals surface area contributed by atoms with Gasteiger partial charge in [-0.1, -0.05) is 0 Å². The van der Waals surface area contributed by atoms with Gasteiger partial charge in [0.25, 0.3) is 0 Å². The lowest BCUT2D eigenvalue weighted by atomic mass is 9.87. The van der Waals surface area contributed by atoms with Crippen LogP contribution in [0, 0.1) is 6.85 Å². The maximum atomic E-state index is 8.02. The molecule has 4 heteroatoms. The molecule has 1 aromatic rings. The quantitative estimate of drug-likeness (QED) is 0.688. The van der Waals surface area contributed by atoms with Crippen LogP contribution in [0.15, 0.2) is 11.4 Å². The van der Waals surface area contributed by atoms with Crippen molar-refractivity contribution in [2.75, 3.05) is 0 Å². The van der Waals surface area contributed by atoms with Crippen LogP contribution >= 0.6 is 11.3 Å². The third-order valence-electron chi connectivity index (χ3n) is 2.98. The molecule has 0 aliphatic carbocycles. The van der Waals surface area contributed by atoms with E-state index in [0.717, 1.165) is 11.3 Å². The van der Waals surface area contributed by atoms with E-state index in [1.807, 2.05) is 27.7 Å². The third kappa shape index (κ3) is 1.86. The molecule has 1 saturated heterocycles. The Bertz CT molecular complexity index is 522. The first-order valence-electron chi connectivity index (χ1n) is 7.33. The normalized spacial score (nSPS) is 29.1. The van der Waals surface area contributed by atoms with E-state index in [-0.39, 0.29) is 17.0 Å². The van der Waals surface area contributed by atoms with Gasteiger partial charge in [-0.05, 0) is 51.5 Å². The average Bonchev–Trinajstić information content (AvgIpc) is 2.60. The zero-order valence-corrected chi connectivity index (χ0v) is 10.1. The van der Waals surface area contributed by atoms with Gasteiger partial charge in [-0.25, -0.2) is 0 Å². The smallest absolute Gasteiger partial charge is 0.399 e. The third-order valence-corrected chi connectivity index (χ3v) is 3.80. The maximum absolute atomic E-state index is 8.02. The van der Waals surface area contributed by atoms with Crippen LogP contribution in [0.5, 0.6) is 0 Å². The summed E-state index contributed by atoms with van der Waals surface area (Å²) in [6.07, 6.45) is 0. The lowest BCUT2D eigenvalue weighted by Gasteiger charge is -2.32. The van der Waals surface area contributed by atoms with E-state index < -0.39 is 25.2 Å². The molecule has 0 atom stereocenters. The van der Waals surface area contributed by atoms with Gasteiger partial charge in [-0.15, -0.1) is 0 Å². The standard InChI is InChI=1S/C11H17BO2S/c1-8-6-9(15-7-8)12-13-10(2,3)11(4,5)14-12/h6-7H,1-5H3/i1D3,6D,7D. The number of hydrogen-bond donors (Lipinski definition) is 0. The highest BCUT2D eigenvalue weighted by molar-refractivity contribution is 7.20. The van der Waals surface area contributed by atoms with Crippen molar-refractivity contribution in [3.63, 3.8) is 0 Å². The molecule has 2 heterocycles. The summed E-state index contributed by atoms with van der Waals surface area (Å²) < 4.78 is 50.0. The first-order valence-corrected chi connectivity index (χ1v) is 5.64. The highest BCUT2D eigenvalue weighted by Gasteiger charge is 2.52. The minimum atomic E-state index is -2.47. The van der Waals surface area contributed by atoms with Crippen molar-refractivity contribution in [2.45, 2.75) is 45.7 Å². The Labute approximate surface area is 103 Å². The van der Waals surface area contributed by atoms with Crippen LogP contribution in [0.25, 0.3) is 0 Å². The summed E-state index contributed by atoms with van der Waals surface area (Å²) in [6.45, 7) is 5.08. The molecule has 0 N–H and O–H groups in total. The second-order valence-electron chi connectivity index (χ2n) is 4.66. The molecule has 1 aliphatic rings. The Morgan fingerprint density at radius 3 is 2.40 bits per heavy atom. The fourth-order valence-electron chi connectivity index (χ4n) is 1.34. The lowest BCUT2D eigenvalue weighted by molar-refractivity contribution is 0.00578. The fraction of sp³-hybridized carbons (Fsp3) is 0.636. The molecular weight excluding hydrogens is 207 g/mol. The van der Waals surface area contributed by atoms with E-state index in [0.29, 0.717) is 4.78 Å². The van der Waals surface area contributed by atoms with Gasteiger partial charge in [0.05, 0.1) is 13.9 Å². The van der Waals surface area contributed by atoms with Crippen LogP contribution in [-0.2, 0) is 9.31 Å². The molecule has 0 radical (unpaired) electrons. The molecule has 0 spiro atoms. The van der Waals surface area contributed by atoms with Gasteiger partial charge >= 0.3 is 7.12 Å². The summed E-state index contributed by atoms with van der Waals surface area (Å²) in [4.78, 5) is 0. The molecule has 2 rings (SSSR count). The molecule has 2 nitrogen and oxygen atoms in total. The molecule has 0 bridgehead atoms. The Morgan fingerprint density at radius 1 is 1.33 bits per heavy atom. The van der Waals surface area contributed by atoms with E-state index >= 15 is 0 Å². The van der Waals surface area contributed by atoms with Gasteiger partial charge < -0.3 is 9.31 Å². The van der Waals surface area contributed by atoms with Crippen LogP contribution in [0.2, 0.25) is 0 Å². The Balaban J connectivity index is 2.43. The molecular formula is C11H17BO2S. The summed E-state index contributed by atoms with van der Waals surface area (Å²) in [5.74, 6) is 0. The van der Waals surface area contributed by atoms with Gasteiger partial charge in [-0.2, -0.15) is 11.3 Å². The summed E-state index contributed by atoms with van der Waals surface area (Å²) >= 11 is 0.936. The Kier molecular flexibility index (Phi) is 1.43. The van der Waals surface area contributed by atoms with Gasteiger partial charge in [0.15, 0.2) is 0 Å². The van der Waals surface area contributed by atoms with E-state index in [4.69, 9.17) is 16.2 Å². The Hall–Kier alpha value is -0.315. The van der Waals surface area contributed by atoms with Crippen molar-refractivity contribution < 1.29 is 16.2 Å². The van der Waals surface area contributed by atoms with Crippen LogP contribution in [0.1, 0.15) is 40.1 Å². The first-order chi connectivity index (χ1) is 8.87. The number of hydrogen-bond acceptors (Lipinski definition) is 3. The van der Waals surface area contributed by atoms with Gasteiger partial charge in [0.2, 0.25) is 0 Å². The van der Waals surface area contributed by atoms with Crippen LogP contribution in [0.4, 0.5) is 0 Å². The zero-order chi connectivity index (χ0) is 15.5. The van der Waals surface area contributed by atoms with E-state index in [9.17, 15) is 0 Å². The topological polar surface area (TPSA) is 18.5 Å². The molecule has 1 aliphatic heterocycles. The Morgan fingerprint density at radius 2 is 1.93 bits per heavy atom. The molecule has 0 saturated carbocycles. The van der Waals surface area contributed by atoms with Crippen molar-refractivity contribution in [3.8, 4) is 0 Å². The van der Waals surface area contributed by atoms with E-state index in [2.05, 4.69) is 0 Å². The maximum Gasteiger partial charge on any atom is 0.505 e. The van der Waals surface area contributed by atoms with Crippen LogP contribution in [0.3, 0.4) is 0 Å². The van der Waals surface area contributed by atoms with Gasteiger partial charge in [0, 0.05) is 8.89 Å². The minimum absolute atomic E-state index is 0.125. The van der Waals surface area contributed by atoms with Gasteiger partial charge in [0.1, 0.15) is 0 Å². The SMILES string of the molecule is [2H]c1sc(B2OC(C)(C)C(C)(C)O2)c([2H])c1C([2H])([2H])[2H]. The largest absolute Gasteiger partial charge is 0.505 e. The summed E-state index contributed by atoms with van der Waals surface area (Å²) in [6, 6.07) is -0.168. The molecule has 1 fully saturated rings. The van der Waals surface area contributed by atoms with Crippen molar-refractivity contribution in [2.24, 2.45) is 0 Å². The zero-order valence-electron chi connectivity index (χ0n) is 14.3. The van der Waals surface area contributed by atoms with Crippen molar-refractivity contribution in [3.05, 3.63) is 17.0 Å². The summed E-state index contributed by atoms with van der Waals surface area (Å²) in [5.41, 5.74) is -1.35. The van der Waals surface area contributed by atoms with Gasteiger partial charge in [-0.3, -0.25) is 0 Å². The minimum Gasteiger partial charge on any atom is -0.399 e. The number of rotatable bonds is 1. The molecule has 0 unspecified atom stereocenters. The second kappa shape index (κ2) is 3.34. The van der Waals surface area contributed by atoms with E-state index in [1.54, 1.807) is 0 Å². The molecule has 15 heavy (non-hydrogen) atoms. The highest BCUT2D eigenvalue weighted by Crippen LogP contribution is 2.36. The molecule has 82 valence electrons. The first kappa shape index (κ1) is 6.43. The fourth-order valence-corrected chi connectivity index (χ4v) is 1.95. The predicted octanol–water partition coefficient (Wildman–Crippen LogP) is 2.36. The van der Waals surface area contributed by atoms with E-state index in [1.165, 1.54) is 0 Å². The van der Waals surface area contributed by atoms with Crippen molar-refractivity contribution in [1.29, 1.82) is 0 Å². The highest BCUT2D eigenvalue weighted by atomic mass is 32.1. The molecule has 0 amide bonds. The average molecular weight is 229 g/mol. The monoisotopic (exact) mass is 229 g/mol. The predicted molar refractivity (Wildman–Crippen MR) is 64.8 cm³/mol. The molecule has 0 aromatic carbocycles. The van der Waals surface area contributed by atoms with Crippen LogP contribution < -0.4 is 4.78 Å². The lowest BCUT2D eigenvalue weighted by Crippen LogP contribution is -2.41. The van der Waals surface area contributed by atoms with Crippen molar-refractivity contribution in [1.82, 2.24) is 0 Å². The summed E-state index contributed by atoms with van der Waals surface area (Å²) in [5, 5.41) is -0.125. The van der Waals surface area contributed by atoms with Crippen LogP contribution in [-0.4, -0.2) is 18.3 Å². The van der Waals surface area contributed by atoms with Crippen molar-refractivity contribution >= 4 is 23.2 Å². The second-order valence-corrected chi connectivity index (χ2v) is 5.50. The number of thiophene rings is 1.